The van der Waals surface area contributed by atoms with Crippen LogP contribution in [0.1, 0.15) is 12.8 Å². The summed E-state index contributed by atoms with van der Waals surface area (Å²) < 4.78 is 1.83. The Kier molecular flexibility index (Phi) is 3.15. The molecule has 1 aromatic heterocycles. The van der Waals surface area contributed by atoms with Crippen LogP contribution in [0.3, 0.4) is 0 Å². The molecule has 0 amide bonds. The number of hydrogen-bond acceptors (Lipinski definition) is 2. The Morgan fingerprint density at radius 3 is 3.00 bits per heavy atom. The maximum absolute atomic E-state index is 5.49. The molecule has 56 valence electrons. The predicted molar refractivity (Wildman–Crippen MR) is 36.5 cm³/mol. The van der Waals surface area contributed by atoms with Crippen molar-refractivity contribution in [2.24, 2.45) is 0 Å². The minimum atomic E-state index is 0.724. The van der Waals surface area contributed by atoms with E-state index in [-0.39, 0.29) is 0 Å². The molecule has 0 radical (unpaired) electrons. The molecule has 0 atom stereocenters. The average Bonchev–Trinajstić information content (AvgIpc) is 2.41. The summed E-state index contributed by atoms with van der Waals surface area (Å²) in [7, 11) is 0. The lowest BCUT2D eigenvalue weighted by atomic mass is 10.3. The molecule has 0 aliphatic heterocycles. The summed E-state index contributed by atoms with van der Waals surface area (Å²) in [6.45, 7) is 0.916. The fourth-order valence-electron chi connectivity index (χ4n) is 0.682. The summed E-state index contributed by atoms with van der Waals surface area (Å²) >= 11 is 5.49. The Balaban J connectivity index is 2.15. The summed E-state index contributed by atoms with van der Waals surface area (Å²) in [5.41, 5.74) is 0. The second kappa shape index (κ2) is 4.22. The van der Waals surface area contributed by atoms with E-state index in [1.165, 1.54) is 0 Å². The van der Waals surface area contributed by atoms with E-state index in [9.17, 15) is 0 Å². The van der Waals surface area contributed by atoms with Crippen molar-refractivity contribution in [3.05, 3.63) is 6.33 Å². The van der Waals surface area contributed by atoms with Crippen LogP contribution in [0.25, 0.3) is 0 Å². The minimum Gasteiger partial charge on any atom is -0.165 e. The highest BCUT2D eigenvalue weighted by Gasteiger charge is 1.96. The first-order valence-electron chi connectivity index (χ1n) is 3.25. The Morgan fingerprint density at radius 1 is 1.50 bits per heavy atom. The van der Waals surface area contributed by atoms with Crippen molar-refractivity contribution in [2.75, 3.05) is 5.88 Å². The van der Waals surface area contributed by atoms with Gasteiger partial charge in [0.2, 0.25) is 0 Å². The number of aryl methyl sites for hydroxylation is 1. The molecule has 1 heterocycles. The second-order valence-corrected chi connectivity index (χ2v) is 2.40. The molecule has 0 fully saturated rings. The summed E-state index contributed by atoms with van der Waals surface area (Å²) in [5, 5.41) is 9.89. The van der Waals surface area contributed by atoms with Crippen molar-refractivity contribution < 1.29 is 4.68 Å². The molecule has 1 aromatic rings. The maximum atomic E-state index is 5.49. The van der Waals surface area contributed by atoms with Gasteiger partial charge in [-0.2, -0.15) is 4.68 Å². The van der Waals surface area contributed by atoms with Gasteiger partial charge in [-0.15, -0.1) is 11.6 Å². The number of alkyl halides is 1. The van der Waals surface area contributed by atoms with E-state index in [2.05, 4.69) is 15.5 Å². The molecule has 0 spiro atoms. The molecule has 0 bridgehead atoms. The van der Waals surface area contributed by atoms with Gasteiger partial charge >= 0.3 is 0 Å². The van der Waals surface area contributed by atoms with E-state index < -0.39 is 0 Å². The van der Waals surface area contributed by atoms with Crippen LogP contribution in [0.15, 0.2) is 6.33 Å². The van der Waals surface area contributed by atoms with Crippen LogP contribution in [-0.4, -0.2) is 21.4 Å². The molecule has 0 aliphatic carbocycles. The van der Waals surface area contributed by atoms with Gasteiger partial charge in [0.05, 0.1) is 6.54 Å². The molecule has 0 aliphatic rings. The zero-order chi connectivity index (χ0) is 7.23. The molecule has 10 heavy (non-hydrogen) atoms. The van der Waals surface area contributed by atoms with E-state index in [0.29, 0.717) is 0 Å². The Morgan fingerprint density at radius 2 is 2.40 bits per heavy atom. The molecular weight excluding hydrogens is 152 g/mol. The second-order valence-electron chi connectivity index (χ2n) is 2.02. The van der Waals surface area contributed by atoms with Crippen LogP contribution < -0.4 is 4.68 Å². The standard InChI is InChI=1S/C5H9ClN4/c6-3-1-2-4-10-5-7-8-9-10/h5H,1-4H2/p+1. The largest absolute Gasteiger partial charge is 0.288 e. The predicted octanol–water partition coefficient (Wildman–Crippen LogP) is 0.111. The number of halogens is 1. The van der Waals surface area contributed by atoms with Gasteiger partial charge in [0.1, 0.15) is 5.10 Å². The summed E-state index contributed by atoms with van der Waals surface area (Å²) in [6.07, 6.45) is 3.76. The third-order valence-corrected chi connectivity index (χ3v) is 1.47. The molecule has 1 N–H and O–H groups in total. The van der Waals surface area contributed by atoms with Crippen LogP contribution in [-0.2, 0) is 6.54 Å². The van der Waals surface area contributed by atoms with Crippen molar-refractivity contribution in [3.8, 4) is 0 Å². The monoisotopic (exact) mass is 161 g/mol. The minimum absolute atomic E-state index is 0.724. The third-order valence-electron chi connectivity index (χ3n) is 1.20. The number of rotatable bonds is 4. The number of H-pyrrole nitrogens is 1. The smallest absolute Gasteiger partial charge is 0.165 e. The molecule has 1 rings (SSSR count). The SMILES string of the molecule is ClCCCC[n+]1cnn[nH]1. The van der Waals surface area contributed by atoms with Crippen molar-refractivity contribution in [1.29, 1.82) is 0 Å². The zero-order valence-corrected chi connectivity index (χ0v) is 6.38. The Hall–Kier alpha value is -0.640. The lowest BCUT2D eigenvalue weighted by molar-refractivity contribution is -0.754. The number of tetrazole rings is 1. The van der Waals surface area contributed by atoms with Gasteiger partial charge in [-0.05, 0) is 12.8 Å². The Labute approximate surface area is 64.2 Å². The summed E-state index contributed by atoms with van der Waals surface area (Å²) in [4.78, 5) is 0. The number of hydrogen-bond donors (Lipinski definition) is 1. The highest BCUT2D eigenvalue weighted by atomic mass is 35.5. The van der Waals surface area contributed by atoms with Crippen LogP contribution in [0, 0.1) is 0 Å². The maximum Gasteiger partial charge on any atom is 0.288 e. The van der Waals surface area contributed by atoms with Crippen molar-refractivity contribution in [2.45, 2.75) is 19.4 Å². The molecule has 0 saturated carbocycles. The molecule has 0 saturated heterocycles. The first kappa shape index (κ1) is 7.47. The van der Waals surface area contributed by atoms with Crippen molar-refractivity contribution >= 4 is 11.6 Å². The van der Waals surface area contributed by atoms with Crippen LogP contribution >= 0.6 is 11.6 Å². The van der Waals surface area contributed by atoms with Gasteiger partial charge in [-0.3, -0.25) is 0 Å². The molecule has 0 aromatic carbocycles. The van der Waals surface area contributed by atoms with E-state index in [1.807, 2.05) is 4.68 Å². The van der Waals surface area contributed by atoms with Gasteiger partial charge in [-0.1, -0.05) is 5.21 Å². The summed E-state index contributed by atoms with van der Waals surface area (Å²) in [5.74, 6) is 0.724. The van der Waals surface area contributed by atoms with Crippen LogP contribution in [0.2, 0.25) is 0 Å². The van der Waals surface area contributed by atoms with E-state index in [4.69, 9.17) is 11.6 Å². The fourth-order valence-corrected chi connectivity index (χ4v) is 0.871. The van der Waals surface area contributed by atoms with E-state index in [1.54, 1.807) is 6.33 Å². The Bertz CT molecular complexity index is 162. The first-order valence-corrected chi connectivity index (χ1v) is 3.78. The lowest BCUT2D eigenvalue weighted by Crippen LogP contribution is -2.35. The van der Waals surface area contributed by atoms with Gasteiger partial charge in [0.15, 0.2) is 5.21 Å². The van der Waals surface area contributed by atoms with E-state index in [0.717, 1.165) is 25.3 Å². The normalized spacial score (nSPS) is 10.1. The van der Waals surface area contributed by atoms with Gasteiger partial charge in [0, 0.05) is 5.88 Å². The highest BCUT2D eigenvalue weighted by molar-refractivity contribution is 6.17. The van der Waals surface area contributed by atoms with Crippen molar-refractivity contribution in [3.63, 3.8) is 0 Å². The number of nitrogens with one attached hydrogen (secondary N) is 1. The van der Waals surface area contributed by atoms with Gasteiger partial charge in [0.25, 0.3) is 6.33 Å². The molecule has 5 heteroatoms. The third kappa shape index (κ3) is 2.31. The zero-order valence-electron chi connectivity index (χ0n) is 5.63. The van der Waals surface area contributed by atoms with Crippen LogP contribution in [0.5, 0.6) is 0 Å². The fraction of sp³-hybridized carbons (Fsp3) is 0.800. The highest BCUT2D eigenvalue weighted by Crippen LogP contribution is 1.89. The molecular formula is C5H10ClN4+. The van der Waals surface area contributed by atoms with Gasteiger partial charge < -0.3 is 0 Å². The quantitative estimate of drug-likeness (QED) is 0.387. The number of unbranched alkanes of at least 4 members (excludes halogenated alkanes) is 1. The van der Waals surface area contributed by atoms with Crippen LogP contribution in [0.4, 0.5) is 0 Å². The lowest BCUT2D eigenvalue weighted by Gasteiger charge is -1.91. The number of aromatic nitrogens is 4. The topological polar surface area (TPSA) is 45.5 Å². The summed E-state index contributed by atoms with van der Waals surface area (Å²) in [6, 6.07) is 0. The number of aromatic amines is 1. The van der Waals surface area contributed by atoms with Gasteiger partial charge in [-0.25, -0.2) is 0 Å². The van der Waals surface area contributed by atoms with Crippen molar-refractivity contribution in [1.82, 2.24) is 15.5 Å². The first-order chi connectivity index (χ1) is 4.93. The average molecular weight is 162 g/mol. The molecule has 4 nitrogen and oxygen atoms in total. The van der Waals surface area contributed by atoms with E-state index >= 15 is 0 Å². The molecule has 0 unspecified atom stereocenters. The number of nitrogens with zero attached hydrogens (tertiary/aromatic N) is 3.